The topological polar surface area (TPSA) is 157 Å². The van der Waals surface area contributed by atoms with Crippen LogP contribution in [0.25, 0.3) is 11.0 Å². The van der Waals surface area contributed by atoms with Crippen molar-refractivity contribution in [3.8, 4) is 0 Å². The van der Waals surface area contributed by atoms with Gasteiger partial charge in [0.25, 0.3) is 5.91 Å². The van der Waals surface area contributed by atoms with Crippen LogP contribution in [0.5, 0.6) is 0 Å². The number of phosphoric ester groups is 1. The van der Waals surface area contributed by atoms with E-state index >= 15 is 0 Å². The van der Waals surface area contributed by atoms with Gasteiger partial charge in [0, 0.05) is 18.5 Å². The Morgan fingerprint density at radius 3 is 2.17 bits per heavy atom. The number of amides is 2. The fourth-order valence-electron chi connectivity index (χ4n) is 4.83. The van der Waals surface area contributed by atoms with Gasteiger partial charge in [-0.15, -0.1) is 0 Å². The minimum atomic E-state index is -4.90. The van der Waals surface area contributed by atoms with Crippen molar-refractivity contribution in [3.05, 3.63) is 101 Å². The van der Waals surface area contributed by atoms with E-state index in [-0.39, 0.29) is 5.56 Å². The molecule has 1 aromatic heterocycles. The molecule has 0 saturated carbocycles. The van der Waals surface area contributed by atoms with E-state index in [1.165, 1.54) is 18.1 Å². The van der Waals surface area contributed by atoms with Gasteiger partial charge in [0.1, 0.15) is 11.9 Å². The molecule has 3 aromatic carbocycles. The number of fused-ring (bicyclic) bond motifs is 1. The smallest absolute Gasteiger partial charge is 0.368 e. The van der Waals surface area contributed by atoms with Crippen LogP contribution in [-0.4, -0.2) is 43.3 Å². The normalized spacial score (nSPS) is 13.1. The van der Waals surface area contributed by atoms with E-state index in [0.29, 0.717) is 5.52 Å². The maximum absolute atomic E-state index is 13.0. The molecule has 216 valence electrons. The number of carbonyl (C=O) groups excluding carboxylic acids is 2. The number of hydrogen-bond acceptors (Lipinski definition) is 5. The van der Waals surface area contributed by atoms with Crippen molar-refractivity contribution in [2.24, 2.45) is 5.73 Å². The molecule has 0 spiro atoms. The summed E-state index contributed by atoms with van der Waals surface area (Å²) in [7, 11) is -4.90. The van der Waals surface area contributed by atoms with Gasteiger partial charge in [-0.05, 0) is 61.9 Å². The number of benzene rings is 3. The second kappa shape index (κ2) is 13.7. The summed E-state index contributed by atoms with van der Waals surface area (Å²) in [5.41, 5.74) is 9.64. The molecule has 41 heavy (non-hydrogen) atoms. The van der Waals surface area contributed by atoms with Crippen LogP contribution in [0.2, 0.25) is 0 Å². The zero-order chi connectivity index (χ0) is 29.4. The molecular weight excluding hydrogens is 543 g/mol. The highest BCUT2D eigenvalue weighted by atomic mass is 31.2. The fraction of sp³-hybridized carbons (Fsp3) is 0.300. The minimum Gasteiger partial charge on any atom is -0.368 e. The Hall–Kier alpha value is -3.82. The molecule has 0 aliphatic carbocycles. The van der Waals surface area contributed by atoms with Crippen LogP contribution in [-0.2, 0) is 39.7 Å². The first-order chi connectivity index (χ1) is 19.6. The Kier molecular flexibility index (Phi) is 10.1. The Bertz CT molecular complexity index is 1520. The van der Waals surface area contributed by atoms with Crippen molar-refractivity contribution in [3.63, 3.8) is 0 Å². The van der Waals surface area contributed by atoms with Gasteiger partial charge in [-0.25, -0.2) is 9.55 Å². The summed E-state index contributed by atoms with van der Waals surface area (Å²) in [6.45, 7) is 1.97. The minimum absolute atomic E-state index is 0.232. The SMILES string of the molecule is C[C@H](OP(=O)(O)O)[C@H](NC(=O)c1ccc2c(c1)nc(CCCCc1ccccc1)n2CCc1ccccc1)C(N)=O. The predicted octanol–water partition coefficient (Wildman–Crippen LogP) is 3.93. The standard InChI is InChI=1S/C30H35N4O6P/c1-21(40-41(37,38)39)28(29(31)35)33-30(36)24-16-17-26-25(20-24)32-27(15-9-8-14-22-10-4-2-5-11-22)34(26)19-18-23-12-6-3-7-13-23/h2-7,10-13,16-17,20-21,28H,8-9,14-15,18-19H2,1H3,(H2,31,35)(H,33,36)(H2,37,38,39)/t21-,28-/m0/s1. The van der Waals surface area contributed by atoms with E-state index in [2.05, 4.69) is 38.7 Å². The molecular formula is C30H35N4O6P. The maximum atomic E-state index is 13.0. The second-order valence-corrected chi connectivity index (χ2v) is 11.2. The van der Waals surface area contributed by atoms with Gasteiger partial charge in [-0.2, -0.15) is 0 Å². The van der Waals surface area contributed by atoms with E-state index in [1.54, 1.807) is 12.1 Å². The van der Waals surface area contributed by atoms with Gasteiger partial charge >= 0.3 is 7.82 Å². The number of nitrogens with two attached hydrogens (primary N) is 1. The number of primary amides is 1. The van der Waals surface area contributed by atoms with Crippen molar-refractivity contribution in [1.82, 2.24) is 14.9 Å². The molecule has 0 bridgehead atoms. The van der Waals surface area contributed by atoms with Gasteiger partial charge in [-0.1, -0.05) is 60.7 Å². The third-order valence-corrected chi connectivity index (χ3v) is 7.49. The van der Waals surface area contributed by atoms with E-state index in [9.17, 15) is 14.2 Å². The Labute approximate surface area is 238 Å². The van der Waals surface area contributed by atoms with E-state index < -0.39 is 31.8 Å². The lowest BCUT2D eigenvalue weighted by atomic mass is 10.1. The first-order valence-corrected chi connectivity index (χ1v) is 15.0. The van der Waals surface area contributed by atoms with Crippen LogP contribution in [0.1, 0.15) is 47.1 Å². The summed E-state index contributed by atoms with van der Waals surface area (Å²) in [6, 6.07) is 24.2. The summed E-state index contributed by atoms with van der Waals surface area (Å²) >= 11 is 0. The predicted molar refractivity (Wildman–Crippen MR) is 156 cm³/mol. The van der Waals surface area contributed by atoms with Crippen LogP contribution < -0.4 is 11.1 Å². The first-order valence-electron chi connectivity index (χ1n) is 13.5. The van der Waals surface area contributed by atoms with Crippen LogP contribution in [0, 0.1) is 0 Å². The van der Waals surface area contributed by atoms with Crippen molar-refractivity contribution in [2.45, 2.75) is 57.7 Å². The number of aromatic nitrogens is 2. The Morgan fingerprint density at radius 2 is 1.56 bits per heavy atom. The number of carbonyl (C=O) groups is 2. The van der Waals surface area contributed by atoms with E-state index in [1.807, 2.05) is 42.5 Å². The van der Waals surface area contributed by atoms with Crippen LogP contribution in [0.4, 0.5) is 0 Å². The van der Waals surface area contributed by atoms with Gasteiger partial charge in [-0.3, -0.25) is 14.1 Å². The summed E-state index contributed by atoms with van der Waals surface area (Å²) in [6.07, 6.45) is 3.21. The van der Waals surface area contributed by atoms with Crippen LogP contribution >= 0.6 is 7.82 Å². The number of phosphoric acid groups is 1. The fourth-order valence-corrected chi connectivity index (χ4v) is 5.38. The summed E-state index contributed by atoms with van der Waals surface area (Å²) in [4.78, 5) is 48.0. The van der Waals surface area contributed by atoms with Gasteiger partial charge in [0.15, 0.2) is 0 Å². The number of unbranched alkanes of at least 4 members (excludes halogenated alkanes) is 1. The molecule has 0 saturated heterocycles. The molecule has 11 heteroatoms. The molecule has 2 amide bonds. The van der Waals surface area contributed by atoms with Crippen molar-refractivity contribution in [1.29, 1.82) is 0 Å². The first kappa shape index (κ1) is 30.1. The number of nitrogens with zero attached hydrogens (tertiary/aromatic N) is 2. The maximum Gasteiger partial charge on any atom is 0.469 e. The molecule has 5 N–H and O–H groups in total. The van der Waals surface area contributed by atoms with Crippen LogP contribution in [0.3, 0.4) is 0 Å². The lowest BCUT2D eigenvalue weighted by molar-refractivity contribution is -0.121. The average Bonchev–Trinajstić information content (AvgIpc) is 3.29. The number of imidazole rings is 1. The molecule has 2 atom stereocenters. The summed E-state index contributed by atoms with van der Waals surface area (Å²) < 4.78 is 18.0. The molecule has 0 radical (unpaired) electrons. The molecule has 0 aliphatic rings. The Morgan fingerprint density at radius 1 is 0.951 bits per heavy atom. The molecule has 0 aliphatic heterocycles. The zero-order valence-corrected chi connectivity index (χ0v) is 23.7. The quantitative estimate of drug-likeness (QED) is 0.130. The van der Waals surface area contributed by atoms with Crippen molar-refractivity contribution in [2.75, 3.05) is 0 Å². The largest absolute Gasteiger partial charge is 0.469 e. The lowest BCUT2D eigenvalue weighted by Crippen LogP contribution is -2.51. The van der Waals surface area contributed by atoms with E-state index in [4.69, 9.17) is 20.5 Å². The summed E-state index contributed by atoms with van der Waals surface area (Å²) in [5.74, 6) is -0.691. The van der Waals surface area contributed by atoms with Crippen molar-refractivity contribution >= 4 is 30.7 Å². The number of nitrogens with one attached hydrogen (secondary N) is 1. The third kappa shape index (κ3) is 8.58. The third-order valence-electron chi connectivity index (χ3n) is 6.88. The monoisotopic (exact) mass is 578 g/mol. The highest BCUT2D eigenvalue weighted by Crippen LogP contribution is 2.38. The molecule has 0 fully saturated rings. The molecule has 10 nitrogen and oxygen atoms in total. The van der Waals surface area contributed by atoms with Crippen LogP contribution in [0.15, 0.2) is 78.9 Å². The van der Waals surface area contributed by atoms with Gasteiger partial charge in [0.2, 0.25) is 5.91 Å². The van der Waals surface area contributed by atoms with Gasteiger partial charge < -0.3 is 25.4 Å². The number of aryl methyl sites for hydroxylation is 4. The molecule has 0 unspecified atom stereocenters. The summed E-state index contributed by atoms with van der Waals surface area (Å²) in [5, 5.41) is 2.43. The molecule has 4 rings (SSSR count). The molecule has 1 heterocycles. The second-order valence-electron chi connectivity index (χ2n) is 9.97. The van der Waals surface area contributed by atoms with Crippen molar-refractivity contribution < 1.29 is 28.5 Å². The number of hydrogen-bond donors (Lipinski definition) is 4. The lowest BCUT2D eigenvalue weighted by Gasteiger charge is -2.22. The highest BCUT2D eigenvalue weighted by molar-refractivity contribution is 7.46. The van der Waals surface area contributed by atoms with Gasteiger partial charge in [0.05, 0.1) is 17.1 Å². The number of rotatable bonds is 14. The van der Waals surface area contributed by atoms with E-state index in [0.717, 1.165) is 50.0 Å². The highest BCUT2D eigenvalue weighted by Gasteiger charge is 2.31. The zero-order valence-electron chi connectivity index (χ0n) is 22.8. The Balaban J connectivity index is 1.53. The molecule has 4 aromatic rings. The average molecular weight is 579 g/mol.